The molecular weight excluding hydrogens is 324 g/mol. The van der Waals surface area contributed by atoms with Crippen molar-refractivity contribution < 1.29 is 0 Å². The van der Waals surface area contributed by atoms with Crippen LogP contribution in [-0.2, 0) is 0 Å². The maximum Gasteiger partial charge on any atom is 0.0549 e. The van der Waals surface area contributed by atoms with Crippen LogP contribution in [-0.4, -0.2) is 26.2 Å². The second-order valence-electron chi connectivity index (χ2n) is 5.75. The minimum Gasteiger partial charge on any atom is -0.371 e. The second-order valence-corrected chi connectivity index (χ2v) is 7.01. The predicted octanol–water partition coefficient (Wildman–Crippen LogP) is 4.17. The highest BCUT2D eigenvalue weighted by Gasteiger charge is 2.22. The number of benzene rings is 1. The van der Waals surface area contributed by atoms with E-state index in [-0.39, 0.29) is 0 Å². The highest BCUT2D eigenvalue weighted by molar-refractivity contribution is 9.10. The molecule has 1 N–H and O–H groups in total. The molecule has 1 aliphatic rings. The summed E-state index contributed by atoms with van der Waals surface area (Å²) in [4.78, 5) is 2.45. The van der Waals surface area contributed by atoms with E-state index in [0.29, 0.717) is 0 Å². The molecule has 0 aromatic heterocycles. The van der Waals surface area contributed by atoms with E-state index in [0.717, 1.165) is 47.5 Å². The summed E-state index contributed by atoms with van der Waals surface area (Å²) < 4.78 is 0.980. The molecule has 1 atom stereocenters. The van der Waals surface area contributed by atoms with Crippen LogP contribution < -0.4 is 10.2 Å². The SMILES string of the molecule is CC(C)CNCC1CCN(c2ccc(Cl)c(Br)c2)C1. The molecule has 1 aliphatic heterocycles. The minimum absolute atomic E-state index is 0.727. The summed E-state index contributed by atoms with van der Waals surface area (Å²) in [5.74, 6) is 1.48. The Balaban J connectivity index is 1.85. The summed E-state index contributed by atoms with van der Waals surface area (Å²) in [7, 11) is 0. The molecule has 4 heteroatoms. The van der Waals surface area contributed by atoms with E-state index < -0.39 is 0 Å². The van der Waals surface area contributed by atoms with Gasteiger partial charge in [0, 0.05) is 23.2 Å². The molecular formula is C15H22BrClN2. The third-order valence-corrected chi connectivity index (χ3v) is 4.75. The van der Waals surface area contributed by atoms with Crippen molar-refractivity contribution >= 4 is 33.2 Å². The molecule has 0 saturated carbocycles. The maximum atomic E-state index is 6.04. The van der Waals surface area contributed by atoms with Crippen molar-refractivity contribution in [1.82, 2.24) is 5.32 Å². The van der Waals surface area contributed by atoms with Crippen molar-refractivity contribution in [1.29, 1.82) is 0 Å². The van der Waals surface area contributed by atoms with Crippen LogP contribution in [0.25, 0.3) is 0 Å². The van der Waals surface area contributed by atoms with Crippen molar-refractivity contribution in [3.63, 3.8) is 0 Å². The van der Waals surface area contributed by atoms with Gasteiger partial charge in [0.15, 0.2) is 0 Å². The van der Waals surface area contributed by atoms with Gasteiger partial charge in [-0.25, -0.2) is 0 Å². The Hall–Kier alpha value is -0.250. The fourth-order valence-electron chi connectivity index (χ4n) is 2.49. The van der Waals surface area contributed by atoms with Gasteiger partial charge < -0.3 is 10.2 Å². The molecule has 2 nitrogen and oxygen atoms in total. The van der Waals surface area contributed by atoms with Crippen LogP contribution in [0.2, 0.25) is 5.02 Å². The minimum atomic E-state index is 0.727. The Morgan fingerprint density at radius 3 is 2.95 bits per heavy atom. The van der Waals surface area contributed by atoms with Gasteiger partial charge in [0.1, 0.15) is 0 Å². The van der Waals surface area contributed by atoms with Crippen LogP contribution in [0.5, 0.6) is 0 Å². The first kappa shape index (κ1) is 15.1. The monoisotopic (exact) mass is 344 g/mol. The summed E-state index contributed by atoms with van der Waals surface area (Å²) >= 11 is 9.53. The number of hydrogen-bond donors (Lipinski definition) is 1. The normalized spacial score (nSPS) is 19.4. The standard InChI is InChI=1S/C15H22BrClN2/c1-11(2)8-18-9-12-5-6-19(10-12)13-3-4-15(17)14(16)7-13/h3-4,7,11-12,18H,5-6,8-10H2,1-2H3. The van der Waals surface area contributed by atoms with E-state index in [9.17, 15) is 0 Å². The van der Waals surface area contributed by atoms with Gasteiger partial charge in [0.05, 0.1) is 5.02 Å². The fraction of sp³-hybridized carbons (Fsp3) is 0.600. The molecule has 2 rings (SSSR count). The molecule has 1 saturated heterocycles. The van der Waals surface area contributed by atoms with Crippen molar-refractivity contribution in [2.75, 3.05) is 31.1 Å². The first-order chi connectivity index (χ1) is 9.06. The molecule has 1 aromatic carbocycles. The molecule has 0 bridgehead atoms. The number of nitrogens with zero attached hydrogens (tertiary/aromatic N) is 1. The lowest BCUT2D eigenvalue weighted by Crippen LogP contribution is -2.28. The number of rotatable bonds is 5. The Morgan fingerprint density at radius 1 is 1.47 bits per heavy atom. The number of nitrogens with one attached hydrogen (secondary N) is 1. The summed E-state index contributed by atoms with van der Waals surface area (Å²) in [6.07, 6.45) is 1.27. The lowest BCUT2D eigenvalue weighted by molar-refractivity contribution is 0.477. The van der Waals surface area contributed by atoms with Crippen LogP contribution >= 0.6 is 27.5 Å². The van der Waals surface area contributed by atoms with Crippen molar-refractivity contribution in [3.05, 3.63) is 27.7 Å². The average molecular weight is 346 g/mol. The van der Waals surface area contributed by atoms with Gasteiger partial charge in [0.2, 0.25) is 0 Å². The molecule has 0 amide bonds. The van der Waals surface area contributed by atoms with Crippen LogP contribution in [0.4, 0.5) is 5.69 Å². The topological polar surface area (TPSA) is 15.3 Å². The first-order valence-electron chi connectivity index (χ1n) is 6.97. The molecule has 1 aromatic rings. The van der Waals surface area contributed by atoms with E-state index in [1.54, 1.807) is 0 Å². The van der Waals surface area contributed by atoms with Gasteiger partial charge in [-0.05, 0) is 65.5 Å². The quantitative estimate of drug-likeness (QED) is 0.861. The Morgan fingerprint density at radius 2 is 2.26 bits per heavy atom. The molecule has 106 valence electrons. The summed E-state index contributed by atoms with van der Waals surface area (Å²) in [5, 5.41) is 4.34. The van der Waals surface area contributed by atoms with Crippen LogP contribution in [0.3, 0.4) is 0 Å². The molecule has 19 heavy (non-hydrogen) atoms. The molecule has 0 spiro atoms. The van der Waals surface area contributed by atoms with Crippen molar-refractivity contribution in [2.24, 2.45) is 11.8 Å². The zero-order chi connectivity index (χ0) is 13.8. The van der Waals surface area contributed by atoms with E-state index in [1.165, 1.54) is 12.1 Å². The van der Waals surface area contributed by atoms with Gasteiger partial charge >= 0.3 is 0 Å². The Kier molecular flexibility index (Phi) is 5.55. The molecule has 0 radical (unpaired) electrons. The van der Waals surface area contributed by atoms with Gasteiger partial charge in [-0.1, -0.05) is 25.4 Å². The Bertz CT molecular complexity index is 423. The maximum absolute atomic E-state index is 6.04. The lowest BCUT2D eigenvalue weighted by Gasteiger charge is -2.19. The van der Waals surface area contributed by atoms with Gasteiger partial charge in [0.25, 0.3) is 0 Å². The zero-order valence-electron chi connectivity index (χ0n) is 11.6. The van der Waals surface area contributed by atoms with Crippen LogP contribution in [0, 0.1) is 11.8 Å². The highest BCUT2D eigenvalue weighted by Crippen LogP contribution is 2.30. The number of hydrogen-bond acceptors (Lipinski definition) is 2. The second kappa shape index (κ2) is 6.96. The smallest absolute Gasteiger partial charge is 0.0549 e. The largest absolute Gasteiger partial charge is 0.371 e. The molecule has 1 fully saturated rings. The van der Waals surface area contributed by atoms with E-state index >= 15 is 0 Å². The fourth-order valence-corrected chi connectivity index (χ4v) is 2.98. The number of anilines is 1. The lowest BCUT2D eigenvalue weighted by atomic mass is 10.1. The number of halogens is 2. The molecule has 1 unspecified atom stereocenters. The van der Waals surface area contributed by atoms with E-state index in [2.05, 4.69) is 52.1 Å². The highest BCUT2D eigenvalue weighted by atomic mass is 79.9. The molecule has 1 heterocycles. The van der Waals surface area contributed by atoms with Gasteiger partial charge in [-0.2, -0.15) is 0 Å². The third-order valence-electron chi connectivity index (χ3n) is 3.54. The summed E-state index contributed by atoms with van der Waals surface area (Å²) in [5.41, 5.74) is 1.27. The van der Waals surface area contributed by atoms with E-state index in [1.807, 2.05) is 6.07 Å². The van der Waals surface area contributed by atoms with Crippen molar-refractivity contribution in [3.8, 4) is 0 Å². The van der Waals surface area contributed by atoms with Gasteiger partial charge in [-0.15, -0.1) is 0 Å². The zero-order valence-corrected chi connectivity index (χ0v) is 14.0. The Labute approximate surface area is 129 Å². The van der Waals surface area contributed by atoms with Crippen LogP contribution in [0.1, 0.15) is 20.3 Å². The first-order valence-corrected chi connectivity index (χ1v) is 8.14. The van der Waals surface area contributed by atoms with Crippen molar-refractivity contribution in [2.45, 2.75) is 20.3 Å². The predicted molar refractivity (Wildman–Crippen MR) is 87.2 cm³/mol. The van der Waals surface area contributed by atoms with Crippen LogP contribution in [0.15, 0.2) is 22.7 Å². The summed E-state index contributed by atoms with van der Waals surface area (Å²) in [6, 6.07) is 6.19. The summed E-state index contributed by atoms with van der Waals surface area (Å²) in [6.45, 7) is 9.02. The van der Waals surface area contributed by atoms with E-state index in [4.69, 9.17) is 11.6 Å². The third kappa shape index (κ3) is 4.37. The van der Waals surface area contributed by atoms with Gasteiger partial charge in [-0.3, -0.25) is 0 Å². The molecule has 0 aliphatic carbocycles. The average Bonchev–Trinajstić information content (AvgIpc) is 2.81.